The van der Waals surface area contributed by atoms with Gasteiger partial charge < -0.3 is 14.9 Å². The van der Waals surface area contributed by atoms with Crippen LogP contribution in [0, 0.1) is 46.3 Å². The molecule has 0 saturated heterocycles. The van der Waals surface area contributed by atoms with Crippen LogP contribution in [0.15, 0.2) is 12.2 Å². The first-order valence-corrected chi connectivity index (χ1v) is 11.8. The maximum atomic E-state index is 11.6. The van der Waals surface area contributed by atoms with E-state index >= 15 is 0 Å². The molecule has 10 atom stereocenters. The lowest BCUT2D eigenvalue weighted by molar-refractivity contribution is -0.194. The van der Waals surface area contributed by atoms with E-state index in [2.05, 4.69) is 32.9 Å². The molecule has 0 aromatic heterocycles. The molecule has 164 valence electrons. The van der Waals surface area contributed by atoms with Crippen LogP contribution < -0.4 is 0 Å². The molecule has 4 aliphatic rings. The number of carbonyl (C=O) groups is 1. The summed E-state index contributed by atoms with van der Waals surface area (Å²) in [7, 11) is 1.45. The lowest BCUT2D eigenvalue weighted by atomic mass is 9.43. The molecule has 3 saturated carbocycles. The second-order valence-corrected chi connectivity index (χ2v) is 11.1. The molecular formula is C25H40O4. The van der Waals surface area contributed by atoms with E-state index < -0.39 is 0 Å². The van der Waals surface area contributed by atoms with Crippen LogP contribution in [0.3, 0.4) is 0 Å². The fraction of sp³-hybridized carbons (Fsp3) is 0.880. The third-order valence-corrected chi connectivity index (χ3v) is 10.1. The predicted octanol–water partition coefficient (Wildman–Crippen LogP) is 4.34. The van der Waals surface area contributed by atoms with Crippen molar-refractivity contribution in [3.05, 3.63) is 12.2 Å². The second-order valence-electron chi connectivity index (χ2n) is 11.1. The monoisotopic (exact) mass is 404 g/mol. The highest BCUT2D eigenvalue weighted by Crippen LogP contribution is 2.67. The molecule has 4 nitrogen and oxygen atoms in total. The number of fused-ring (bicyclic) bond motifs is 5. The van der Waals surface area contributed by atoms with Gasteiger partial charge in [-0.25, -0.2) is 0 Å². The number of aliphatic hydroxyl groups is 2. The molecule has 0 bridgehead atoms. The summed E-state index contributed by atoms with van der Waals surface area (Å²) >= 11 is 0. The summed E-state index contributed by atoms with van der Waals surface area (Å²) < 4.78 is 4.84. The summed E-state index contributed by atoms with van der Waals surface area (Å²) in [5.41, 5.74) is 0.0426. The molecule has 0 aromatic carbocycles. The largest absolute Gasteiger partial charge is 0.469 e. The van der Waals surface area contributed by atoms with Crippen molar-refractivity contribution in [1.82, 2.24) is 0 Å². The Morgan fingerprint density at radius 3 is 2.66 bits per heavy atom. The topological polar surface area (TPSA) is 66.8 Å². The number of carbonyl (C=O) groups excluding carboxylic acids is 1. The fourth-order valence-corrected chi connectivity index (χ4v) is 8.38. The van der Waals surface area contributed by atoms with Gasteiger partial charge in [0.05, 0.1) is 19.3 Å². The lowest BCUT2D eigenvalue weighted by Crippen LogP contribution is -2.61. The van der Waals surface area contributed by atoms with E-state index in [-0.39, 0.29) is 29.0 Å². The average molecular weight is 405 g/mol. The summed E-state index contributed by atoms with van der Waals surface area (Å²) in [6, 6.07) is 0. The first-order chi connectivity index (χ1) is 13.7. The van der Waals surface area contributed by atoms with Crippen LogP contribution in [0.25, 0.3) is 0 Å². The molecule has 29 heavy (non-hydrogen) atoms. The van der Waals surface area contributed by atoms with Gasteiger partial charge in [0.15, 0.2) is 0 Å². The summed E-state index contributed by atoms with van der Waals surface area (Å²) in [4.78, 5) is 11.6. The Morgan fingerprint density at radius 2 is 1.93 bits per heavy atom. The van der Waals surface area contributed by atoms with E-state index in [1.807, 2.05) is 0 Å². The SMILES string of the molecule is COC(=O)CCC(C)C1CCC2C3C(O)CC4CC=CC[C@]4(C)C3CC(O)[C@]12C. The quantitative estimate of drug-likeness (QED) is 0.540. The highest BCUT2D eigenvalue weighted by Gasteiger charge is 2.65. The minimum Gasteiger partial charge on any atom is -0.469 e. The molecule has 0 radical (unpaired) electrons. The van der Waals surface area contributed by atoms with Crippen molar-refractivity contribution in [2.75, 3.05) is 7.11 Å². The van der Waals surface area contributed by atoms with Crippen molar-refractivity contribution < 1.29 is 19.7 Å². The number of ether oxygens (including phenoxy) is 1. The van der Waals surface area contributed by atoms with Crippen LogP contribution in [-0.2, 0) is 9.53 Å². The maximum absolute atomic E-state index is 11.6. The fourth-order valence-electron chi connectivity index (χ4n) is 8.38. The Balaban J connectivity index is 1.59. The van der Waals surface area contributed by atoms with Gasteiger partial charge in [-0.15, -0.1) is 0 Å². The van der Waals surface area contributed by atoms with Gasteiger partial charge in [-0.2, -0.15) is 0 Å². The van der Waals surface area contributed by atoms with E-state index in [0.717, 1.165) is 44.9 Å². The minimum absolute atomic E-state index is 0.146. The molecule has 3 fully saturated rings. The van der Waals surface area contributed by atoms with Crippen LogP contribution in [0.2, 0.25) is 0 Å². The van der Waals surface area contributed by atoms with Gasteiger partial charge in [0.25, 0.3) is 0 Å². The third kappa shape index (κ3) is 3.20. The standard InChI is InChI=1S/C25H40O4/c1-15(8-11-22(28)29-4)17-9-10-18-23-19(14-21(27)25(17,18)3)24(2)12-6-5-7-16(24)13-20(23)26/h5-6,15-21,23,26-27H,7-14H2,1-4H3/t15?,16?,17?,18?,19?,20?,21?,23?,24-,25+/m0/s1. The van der Waals surface area contributed by atoms with Crippen molar-refractivity contribution in [2.24, 2.45) is 46.3 Å². The number of rotatable bonds is 4. The smallest absolute Gasteiger partial charge is 0.305 e. The predicted molar refractivity (Wildman–Crippen MR) is 113 cm³/mol. The molecule has 4 aliphatic carbocycles. The highest BCUT2D eigenvalue weighted by molar-refractivity contribution is 5.69. The molecule has 0 aromatic rings. The van der Waals surface area contributed by atoms with Gasteiger partial charge in [-0.3, -0.25) is 4.79 Å². The van der Waals surface area contributed by atoms with Crippen LogP contribution in [0.1, 0.15) is 72.1 Å². The van der Waals surface area contributed by atoms with E-state index in [0.29, 0.717) is 41.9 Å². The minimum atomic E-state index is -0.324. The van der Waals surface area contributed by atoms with E-state index in [1.165, 1.54) is 7.11 Å². The zero-order valence-electron chi connectivity index (χ0n) is 18.6. The zero-order chi connectivity index (χ0) is 21.0. The molecule has 4 rings (SSSR count). The lowest BCUT2D eigenvalue weighted by Gasteiger charge is -2.62. The number of hydrogen-bond donors (Lipinski definition) is 2. The first-order valence-electron chi connectivity index (χ1n) is 11.8. The molecule has 2 N–H and O–H groups in total. The number of aliphatic hydroxyl groups excluding tert-OH is 2. The van der Waals surface area contributed by atoms with Crippen molar-refractivity contribution in [3.63, 3.8) is 0 Å². The molecule has 0 heterocycles. The molecule has 0 aliphatic heterocycles. The number of hydrogen-bond acceptors (Lipinski definition) is 4. The summed E-state index contributed by atoms with van der Waals surface area (Å²) in [5, 5.41) is 22.8. The van der Waals surface area contributed by atoms with Gasteiger partial charge in [0.2, 0.25) is 0 Å². The molecular weight excluding hydrogens is 364 g/mol. The van der Waals surface area contributed by atoms with Crippen molar-refractivity contribution >= 4 is 5.97 Å². The maximum Gasteiger partial charge on any atom is 0.305 e. The Kier molecular flexibility index (Phi) is 5.65. The van der Waals surface area contributed by atoms with Crippen molar-refractivity contribution in [2.45, 2.75) is 84.3 Å². The molecule has 0 spiro atoms. The Bertz CT molecular complexity index is 659. The Morgan fingerprint density at radius 1 is 1.17 bits per heavy atom. The van der Waals surface area contributed by atoms with Gasteiger partial charge in [-0.05, 0) is 91.3 Å². The van der Waals surface area contributed by atoms with Gasteiger partial charge in [0.1, 0.15) is 0 Å². The van der Waals surface area contributed by atoms with E-state index in [1.54, 1.807) is 0 Å². The van der Waals surface area contributed by atoms with Crippen LogP contribution in [-0.4, -0.2) is 35.5 Å². The third-order valence-electron chi connectivity index (χ3n) is 10.1. The summed E-state index contributed by atoms with van der Waals surface area (Å²) in [6.45, 7) is 6.94. The van der Waals surface area contributed by atoms with Crippen LogP contribution in [0.5, 0.6) is 0 Å². The number of methoxy groups -OCH3 is 1. The van der Waals surface area contributed by atoms with Crippen molar-refractivity contribution in [3.8, 4) is 0 Å². The summed E-state index contributed by atoms with van der Waals surface area (Å²) in [6.07, 6.45) is 11.4. The van der Waals surface area contributed by atoms with Crippen LogP contribution in [0.4, 0.5) is 0 Å². The average Bonchev–Trinajstić information content (AvgIpc) is 3.05. The number of esters is 1. The van der Waals surface area contributed by atoms with Gasteiger partial charge in [-0.1, -0.05) is 32.9 Å². The van der Waals surface area contributed by atoms with Crippen LogP contribution >= 0.6 is 0 Å². The van der Waals surface area contributed by atoms with Gasteiger partial charge in [0, 0.05) is 6.42 Å². The second kappa shape index (κ2) is 7.67. The van der Waals surface area contributed by atoms with Crippen molar-refractivity contribution in [1.29, 1.82) is 0 Å². The highest BCUT2D eigenvalue weighted by atomic mass is 16.5. The normalized spacial score (nSPS) is 49.7. The number of allylic oxidation sites excluding steroid dienone is 2. The Labute approximate surface area is 176 Å². The summed E-state index contributed by atoms with van der Waals surface area (Å²) in [5.74, 6) is 2.24. The molecule has 4 heteroatoms. The van der Waals surface area contributed by atoms with E-state index in [9.17, 15) is 15.0 Å². The Hall–Kier alpha value is -0.870. The zero-order valence-corrected chi connectivity index (χ0v) is 18.6. The molecule has 8 unspecified atom stereocenters. The van der Waals surface area contributed by atoms with E-state index in [4.69, 9.17) is 4.74 Å². The first kappa shape index (κ1) is 21.4. The van der Waals surface area contributed by atoms with Gasteiger partial charge >= 0.3 is 5.97 Å². The molecule has 0 amide bonds.